The quantitative estimate of drug-likeness (QED) is 0.465. The van der Waals surface area contributed by atoms with E-state index in [1.807, 2.05) is 0 Å². The van der Waals surface area contributed by atoms with Crippen LogP contribution in [0.1, 0.15) is 27.0 Å². The van der Waals surface area contributed by atoms with Crippen LogP contribution in [-0.2, 0) is 22.7 Å². The van der Waals surface area contributed by atoms with Crippen LogP contribution >= 0.6 is 22.9 Å². The Morgan fingerprint density at radius 1 is 1.21 bits per heavy atom. The highest BCUT2D eigenvalue weighted by Gasteiger charge is 2.33. The van der Waals surface area contributed by atoms with Crippen molar-refractivity contribution in [2.24, 2.45) is 0 Å². The van der Waals surface area contributed by atoms with Crippen LogP contribution in [0.25, 0.3) is 0 Å². The number of carbonyl (C=O) groups is 1. The molecule has 0 spiro atoms. The van der Waals surface area contributed by atoms with E-state index in [0.717, 1.165) is 35.6 Å². The number of benzene rings is 2. The Morgan fingerprint density at radius 2 is 1.94 bits per heavy atom. The van der Waals surface area contributed by atoms with Crippen molar-refractivity contribution in [3.63, 3.8) is 0 Å². The third-order valence-electron chi connectivity index (χ3n) is 4.16. The lowest BCUT2D eigenvalue weighted by atomic mass is 10.1. The molecular formula is C19H11ClF4N4O3S2. The lowest BCUT2D eigenvalue weighted by Crippen LogP contribution is -2.24. The molecule has 0 aliphatic rings. The normalized spacial score (nSPS) is 11.6. The third kappa shape index (κ3) is 5.78. The number of sulfonamides is 1. The zero-order valence-corrected chi connectivity index (χ0v) is 18.5. The van der Waals surface area contributed by atoms with Gasteiger partial charge in [-0.2, -0.15) is 18.4 Å². The number of nitriles is 1. The van der Waals surface area contributed by atoms with Crippen molar-refractivity contribution in [3.8, 4) is 6.07 Å². The molecule has 0 atom stereocenters. The van der Waals surface area contributed by atoms with Crippen LogP contribution in [0.5, 0.6) is 0 Å². The summed E-state index contributed by atoms with van der Waals surface area (Å²) in [7, 11) is -4.13. The Labute approximate surface area is 193 Å². The van der Waals surface area contributed by atoms with Gasteiger partial charge in [-0.1, -0.05) is 29.0 Å². The first-order valence-corrected chi connectivity index (χ1v) is 11.4. The minimum absolute atomic E-state index is 0.00380. The number of amides is 1. The molecule has 0 aliphatic carbocycles. The van der Waals surface area contributed by atoms with Crippen molar-refractivity contribution in [1.82, 2.24) is 10.3 Å². The van der Waals surface area contributed by atoms with E-state index < -0.39 is 33.5 Å². The zero-order valence-electron chi connectivity index (χ0n) is 16.1. The summed E-state index contributed by atoms with van der Waals surface area (Å²) in [6.45, 7) is -0.328. The number of carbonyl (C=O) groups excluding carboxylic acids is 1. The number of halogens is 5. The van der Waals surface area contributed by atoms with E-state index in [1.165, 1.54) is 6.20 Å². The summed E-state index contributed by atoms with van der Waals surface area (Å²) >= 11 is 6.59. The fourth-order valence-corrected chi connectivity index (χ4v) is 4.71. The Bertz CT molecular complexity index is 1370. The summed E-state index contributed by atoms with van der Waals surface area (Å²) in [4.78, 5) is 15.9. The number of hydrogen-bond acceptors (Lipinski definition) is 6. The lowest BCUT2D eigenvalue weighted by Gasteiger charge is -2.11. The van der Waals surface area contributed by atoms with Crippen molar-refractivity contribution in [2.75, 3.05) is 4.72 Å². The van der Waals surface area contributed by atoms with E-state index in [4.69, 9.17) is 11.6 Å². The molecule has 0 bridgehead atoms. The first-order valence-electron chi connectivity index (χ1n) is 8.73. The van der Waals surface area contributed by atoms with Crippen molar-refractivity contribution in [2.45, 2.75) is 17.6 Å². The number of rotatable bonds is 6. The number of hydrogen-bond donors (Lipinski definition) is 2. The molecule has 14 heteroatoms. The van der Waals surface area contributed by atoms with E-state index in [-0.39, 0.29) is 37.6 Å². The van der Waals surface area contributed by atoms with Crippen molar-refractivity contribution in [1.29, 1.82) is 5.26 Å². The molecule has 0 fully saturated rings. The fraction of sp³-hybridized carbons (Fsp3) is 0.105. The van der Waals surface area contributed by atoms with Gasteiger partial charge in [-0.05, 0) is 35.9 Å². The zero-order chi connectivity index (χ0) is 24.4. The van der Waals surface area contributed by atoms with Crippen molar-refractivity contribution >= 4 is 44.0 Å². The van der Waals surface area contributed by atoms with E-state index in [1.54, 1.807) is 6.07 Å². The largest absolute Gasteiger partial charge is 0.419 e. The van der Waals surface area contributed by atoms with Crippen LogP contribution in [0, 0.1) is 17.1 Å². The van der Waals surface area contributed by atoms with Gasteiger partial charge in [0.25, 0.3) is 15.9 Å². The monoisotopic (exact) mass is 518 g/mol. The molecule has 0 saturated heterocycles. The van der Waals surface area contributed by atoms with Crippen LogP contribution in [0.3, 0.4) is 0 Å². The first-order chi connectivity index (χ1) is 15.4. The molecule has 3 rings (SSSR count). The van der Waals surface area contributed by atoms with Gasteiger partial charge in [0.1, 0.15) is 16.2 Å². The SMILES string of the molecule is N#Cc1cc(S(=O)(=O)Nc2ncc(Cl)s2)ccc1C(=O)NCc1ccc(C(F)(F)F)c(F)c1. The van der Waals surface area contributed by atoms with Crippen LogP contribution in [0.15, 0.2) is 47.5 Å². The average molecular weight is 519 g/mol. The van der Waals surface area contributed by atoms with E-state index >= 15 is 0 Å². The van der Waals surface area contributed by atoms with Crippen LogP contribution in [0.4, 0.5) is 22.7 Å². The number of aromatic nitrogens is 1. The van der Waals surface area contributed by atoms with Gasteiger partial charge in [-0.25, -0.2) is 17.8 Å². The molecule has 172 valence electrons. The number of thiazole rings is 1. The van der Waals surface area contributed by atoms with Crippen LogP contribution in [0.2, 0.25) is 4.34 Å². The Balaban J connectivity index is 1.76. The minimum atomic E-state index is -4.85. The van der Waals surface area contributed by atoms with E-state index in [2.05, 4.69) is 15.0 Å². The van der Waals surface area contributed by atoms with Gasteiger partial charge in [0.05, 0.1) is 27.8 Å². The maximum atomic E-state index is 13.7. The van der Waals surface area contributed by atoms with Gasteiger partial charge in [0, 0.05) is 6.54 Å². The molecular weight excluding hydrogens is 508 g/mol. The molecule has 3 aromatic rings. The number of alkyl halides is 3. The molecule has 2 aromatic carbocycles. The maximum absolute atomic E-state index is 13.7. The first kappa shape index (κ1) is 24.4. The summed E-state index contributed by atoms with van der Waals surface area (Å²) < 4.78 is 79.0. The highest BCUT2D eigenvalue weighted by atomic mass is 35.5. The van der Waals surface area contributed by atoms with E-state index in [0.29, 0.717) is 12.1 Å². The second kappa shape index (κ2) is 9.34. The molecule has 0 unspecified atom stereocenters. The summed E-state index contributed by atoms with van der Waals surface area (Å²) in [5.41, 5.74) is -1.83. The van der Waals surface area contributed by atoms with E-state index in [9.17, 15) is 36.0 Å². The minimum Gasteiger partial charge on any atom is -0.348 e. The van der Waals surface area contributed by atoms with Crippen LogP contribution < -0.4 is 10.0 Å². The summed E-state index contributed by atoms with van der Waals surface area (Å²) in [5.74, 6) is -2.30. The molecule has 2 N–H and O–H groups in total. The van der Waals surface area contributed by atoms with Gasteiger partial charge in [-0.15, -0.1) is 0 Å². The smallest absolute Gasteiger partial charge is 0.348 e. The molecule has 0 saturated carbocycles. The third-order valence-corrected chi connectivity index (χ3v) is 6.65. The second-order valence-electron chi connectivity index (χ2n) is 6.39. The molecule has 1 aromatic heterocycles. The summed E-state index contributed by atoms with van der Waals surface area (Å²) in [5, 5.41) is 11.7. The van der Waals surface area contributed by atoms with Gasteiger partial charge < -0.3 is 5.32 Å². The second-order valence-corrected chi connectivity index (χ2v) is 9.73. The average Bonchev–Trinajstić information content (AvgIpc) is 3.14. The maximum Gasteiger partial charge on any atom is 0.419 e. The molecule has 7 nitrogen and oxygen atoms in total. The topological polar surface area (TPSA) is 112 Å². The molecule has 1 heterocycles. The number of nitrogens with zero attached hydrogens (tertiary/aromatic N) is 2. The molecule has 0 aliphatic heterocycles. The van der Waals surface area contributed by atoms with Gasteiger partial charge in [0.15, 0.2) is 5.13 Å². The Hall–Kier alpha value is -3.21. The summed E-state index contributed by atoms with van der Waals surface area (Å²) in [6.07, 6.45) is -3.60. The summed E-state index contributed by atoms with van der Waals surface area (Å²) in [6, 6.07) is 7.08. The number of anilines is 1. The predicted octanol–water partition coefficient (Wildman–Crippen LogP) is 4.56. The van der Waals surface area contributed by atoms with Gasteiger partial charge in [0.2, 0.25) is 0 Å². The Morgan fingerprint density at radius 3 is 2.52 bits per heavy atom. The molecule has 0 radical (unpaired) electrons. The highest BCUT2D eigenvalue weighted by molar-refractivity contribution is 7.93. The fourth-order valence-electron chi connectivity index (χ4n) is 2.63. The predicted molar refractivity (Wildman–Crippen MR) is 112 cm³/mol. The molecule has 1 amide bonds. The number of nitrogens with one attached hydrogen (secondary N) is 2. The van der Waals surface area contributed by atoms with Gasteiger partial charge in [-0.3, -0.25) is 9.52 Å². The highest BCUT2D eigenvalue weighted by Crippen LogP contribution is 2.31. The molecule has 33 heavy (non-hydrogen) atoms. The van der Waals surface area contributed by atoms with Crippen LogP contribution in [-0.4, -0.2) is 19.3 Å². The Kier molecular flexibility index (Phi) is 6.92. The lowest BCUT2D eigenvalue weighted by molar-refractivity contribution is -0.140. The van der Waals surface area contributed by atoms with Crippen molar-refractivity contribution < 1.29 is 30.8 Å². The standard InChI is InChI=1S/C19H11ClF4N4O3S2/c20-16-9-27-18(32-16)28-33(30,31)12-2-3-13(11(6-12)7-25)17(29)26-8-10-1-4-14(15(21)5-10)19(22,23)24/h1-6,9H,8H2,(H,26,29)(H,27,28). The van der Waals surface area contributed by atoms with Crippen molar-refractivity contribution in [3.05, 3.63) is 75.0 Å². The van der Waals surface area contributed by atoms with Gasteiger partial charge >= 0.3 is 6.18 Å².